The topological polar surface area (TPSA) is 54.5 Å². The molecule has 0 N–H and O–H groups in total. The normalized spacial score (nSPS) is 26.4. The predicted octanol–water partition coefficient (Wildman–Crippen LogP) is 1.09. The van der Waals surface area contributed by atoms with Crippen molar-refractivity contribution in [3.63, 3.8) is 0 Å². The van der Waals surface area contributed by atoms with Crippen LogP contribution in [0.5, 0.6) is 0 Å². The number of benzene rings is 1. The number of fused-ring (bicyclic) bond motifs is 3. The highest BCUT2D eigenvalue weighted by Crippen LogP contribution is 2.40. The molecule has 1 amide bonds. The van der Waals surface area contributed by atoms with E-state index in [1.165, 1.54) is 4.90 Å². The first-order chi connectivity index (χ1) is 7.59. The molecular weight excluding hydrogens is 226 g/mol. The summed E-state index contributed by atoms with van der Waals surface area (Å²) in [6.45, 7) is 0. The van der Waals surface area contributed by atoms with Gasteiger partial charge in [0.1, 0.15) is 5.88 Å². The zero-order valence-electron chi connectivity index (χ0n) is 8.59. The van der Waals surface area contributed by atoms with Crippen LogP contribution in [0.15, 0.2) is 29.2 Å². The number of carbonyl (C=O) groups excluding carboxylic acids is 1. The van der Waals surface area contributed by atoms with Gasteiger partial charge in [0.15, 0.2) is 9.84 Å². The summed E-state index contributed by atoms with van der Waals surface area (Å²) in [4.78, 5) is 13.4. The average molecular weight is 237 g/mol. The first-order valence-corrected chi connectivity index (χ1v) is 6.86. The van der Waals surface area contributed by atoms with Crippen LogP contribution in [0.3, 0.4) is 0 Å². The van der Waals surface area contributed by atoms with E-state index < -0.39 is 9.84 Å². The Hall–Kier alpha value is -1.36. The Balaban J connectivity index is 2.24. The van der Waals surface area contributed by atoms with Crippen LogP contribution in [0.1, 0.15) is 24.4 Å². The van der Waals surface area contributed by atoms with Crippen molar-refractivity contribution in [3.05, 3.63) is 29.8 Å². The lowest BCUT2D eigenvalue weighted by Gasteiger charge is -2.31. The zero-order chi connectivity index (χ0) is 11.3. The fourth-order valence-electron chi connectivity index (χ4n) is 2.51. The monoisotopic (exact) mass is 237 g/mol. The summed E-state index contributed by atoms with van der Waals surface area (Å²) < 4.78 is 23.9. The third-order valence-electron chi connectivity index (χ3n) is 3.25. The zero-order valence-corrected chi connectivity index (χ0v) is 9.40. The first-order valence-electron chi connectivity index (χ1n) is 5.21. The maximum absolute atomic E-state index is 12.0. The van der Waals surface area contributed by atoms with Crippen molar-refractivity contribution in [3.8, 4) is 0 Å². The molecule has 1 saturated heterocycles. The Morgan fingerprint density at radius 2 is 2.00 bits per heavy atom. The molecular formula is C11H11NO3S. The maximum atomic E-state index is 12.0. The second-order valence-corrected chi connectivity index (χ2v) is 6.13. The Kier molecular flexibility index (Phi) is 1.89. The fourth-order valence-corrected chi connectivity index (χ4v) is 4.19. The summed E-state index contributed by atoms with van der Waals surface area (Å²) in [5, 5.41) is 0. The van der Waals surface area contributed by atoms with E-state index in [1.54, 1.807) is 12.1 Å². The van der Waals surface area contributed by atoms with Crippen molar-refractivity contribution in [2.24, 2.45) is 0 Å². The van der Waals surface area contributed by atoms with Gasteiger partial charge in [0.2, 0.25) is 5.91 Å². The summed E-state index contributed by atoms with van der Waals surface area (Å²) in [7, 11) is -3.32. The molecule has 1 fully saturated rings. The van der Waals surface area contributed by atoms with Gasteiger partial charge in [-0.05, 0) is 18.1 Å². The molecule has 0 aromatic heterocycles. The molecule has 5 heteroatoms. The Morgan fingerprint density at radius 1 is 1.25 bits per heavy atom. The highest BCUT2D eigenvalue weighted by Gasteiger charge is 2.41. The number of carbonyl (C=O) groups is 1. The summed E-state index contributed by atoms with van der Waals surface area (Å²) in [6.07, 6.45) is 1.18. The summed E-state index contributed by atoms with van der Waals surface area (Å²) in [5.41, 5.74) is 0.777. The molecule has 0 radical (unpaired) electrons. The minimum Gasteiger partial charge on any atom is -0.321 e. The lowest BCUT2D eigenvalue weighted by atomic mass is 10.0. The highest BCUT2D eigenvalue weighted by molar-refractivity contribution is 7.91. The molecule has 0 bridgehead atoms. The van der Waals surface area contributed by atoms with Crippen molar-refractivity contribution in [1.29, 1.82) is 0 Å². The molecule has 2 aliphatic rings. The lowest BCUT2D eigenvalue weighted by Crippen LogP contribution is -2.37. The molecule has 4 nitrogen and oxygen atoms in total. The van der Waals surface area contributed by atoms with Gasteiger partial charge in [-0.2, -0.15) is 0 Å². The van der Waals surface area contributed by atoms with Crippen LogP contribution >= 0.6 is 0 Å². The van der Waals surface area contributed by atoms with E-state index in [2.05, 4.69) is 0 Å². The van der Waals surface area contributed by atoms with Gasteiger partial charge in [0.05, 0.1) is 10.9 Å². The molecule has 2 heterocycles. The Morgan fingerprint density at radius 3 is 2.81 bits per heavy atom. The standard InChI is InChI=1S/C11H11NO3S/c13-11-6-5-9-8-3-1-2-4-10(8)16(14,15)7-12(9)11/h1-4,9H,5-7H2. The quantitative estimate of drug-likeness (QED) is 0.679. The molecule has 2 aliphatic heterocycles. The number of hydrogen-bond acceptors (Lipinski definition) is 3. The summed E-state index contributed by atoms with van der Waals surface area (Å²) >= 11 is 0. The smallest absolute Gasteiger partial charge is 0.224 e. The molecule has 1 aromatic carbocycles. The van der Waals surface area contributed by atoms with E-state index >= 15 is 0 Å². The molecule has 1 unspecified atom stereocenters. The number of sulfone groups is 1. The van der Waals surface area contributed by atoms with Crippen LogP contribution in [0, 0.1) is 0 Å². The third-order valence-corrected chi connectivity index (χ3v) is 4.91. The molecule has 84 valence electrons. The molecule has 1 aromatic rings. The summed E-state index contributed by atoms with van der Waals surface area (Å²) in [6, 6.07) is 6.95. The molecule has 3 rings (SSSR count). The van der Waals surface area contributed by atoms with Gasteiger partial charge in [0, 0.05) is 6.42 Å². The predicted molar refractivity (Wildman–Crippen MR) is 57.3 cm³/mol. The minimum atomic E-state index is -3.32. The first kappa shape index (κ1) is 9.84. The second-order valence-electron chi connectivity index (χ2n) is 4.20. The third kappa shape index (κ3) is 1.21. The number of nitrogens with zero attached hydrogens (tertiary/aromatic N) is 1. The van der Waals surface area contributed by atoms with Gasteiger partial charge in [-0.3, -0.25) is 4.79 Å². The van der Waals surface area contributed by atoms with Gasteiger partial charge in [-0.1, -0.05) is 18.2 Å². The molecule has 0 spiro atoms. The van der Waals surface area contributed by atoms with Crippen LogP contribution in [0.4, 0.5) is 0 Å². The highest BCUT2D eigenvalue weighted by atomic mass is 32.2. The van der Waals surface area contributed by atoms with Gasteiger partial charge in [-0.15, -0.1) is 0 Å². The van der Waals surface area contributed by atoms with Crippen LogP contribution in [-0.4, -0.2) is 25.1 Å². The fraction of sp³-hybridized carbons (Fsp3) is 0.364. The van der Waals surface area contributed by atoms with E-state index in [0.29, 0.717) is 11.3 Å². The van der Waals surface area contributed by atoms with Gasteiger partial charge < -0.3 is 4.90 Å². The van der Waals surface area contributed by atoms with Crippen molar-refractivity contribution in [1.82, 2.24) is 4.90 Å². The van der Waals surface area contributed by atoms with Crippen LogP contribution in [-0.2, 0) is 14.6 Å². The number of amides is 1. The van der Waals surface area contributed by atoms with Gasteiger partial charge >= 0.3 is 0 Å². The van der Waals surface area contributed by atoms with Crippen LogP contribution < -0.4 is 0 Å². The lowest BCUT2D eigenvalue weighted by molar-refractivity contribution is -0.128. The molecule has 0 saturated carbocycles. The van der Waals surface area contributed by atoms with Crippen molar-refractivity contribution < 1.29 is 13.2 Å². The Bertz CT molecular complexity index is 564. The minimum absolute atomic E-state index is 0.0350. The summed E-state index contributed by atoms with van der Waals surface area (Å²) in [5.74, 6) is -0.212. The number of rotatable bonds is 0. The van der Waals surface area contributed by atoms with Crippen molar-refractivity contribution >= 4 is 15.7 Å². The second kappa shape index (κ2) is 3.07. The van der Waals surface area contributed by atoms with E-state index in [-0.39, 0.29) is 17.8 Å². The molecule has 1 atom stereocenters. The van der Waals surface area contributed by atoms with Crippen LogP contribution in [0.2, 0.25) is 0 Å². The molecule has 0 aliphatic carbocycles. The number of hydrogen-bond donors (Lipinski definition) is 0. The average Bonchev–Trinajstić information content (AvgIpc) is 2.60. The Labute approximate surface area is 93.8 Å². The van der Waals surface area contributed by atoms with Crippen molar-refractivity contribution in [2.45, 2.75) is 23.8 Å². The maximum Gasteiger partial charge on any atom is 0.224 e. The van der Waals surface area contributed by atoms with Gasteiger partial charge in [0.25, 0.3) is 0 Å². The van der Waals surface area contributed by atoms with Gasteiger partial charge in [-0.25, -0.2) is 8.42 Å². The SMILES string of the molecule is O=C1CCC2c3ccccc3S(=O)(=O)CN12. The van der Waals surface area contributed by atoms with Crippen LogP contribution in [0.25, 0.3) is 0 Å². The molecule has 16 heavy (non-hydrogen) atoms. The van der Waals surface area contributed by atoms with E-state index in [0.717, 1.165) is 12.0 Å². The largest absolute Gasteiger partial charge is 0.321 e. The van der Waals surface area contributed by atoms with Crippen molar-refractivity contribution in [2.75, 3.05) is 5.88 Å². The van der Waals surface area contributed by atoms with E-state index in [4.69, 9.17) is 0 Å². The van der Waals surface area contributed by atoms with E-state index in [9.17, 15) is 13.2 Å². The van der Waals surface area contributed by atoms with E-state index in [1.807, 2.05) is 12.1 Å².